The van der Waals surface area contributed by atoms with Crippen LogP contribution in [-0.2, 0) is 6.54 Å². The summed E-state index contributed by atoms with van der Waals surface area (Å²) in [5.41, 5.74) is 2.48. The van der Waals surface area contributed by atoms with E-state index in [1.54, 1.807) is 7.11 Å². The zero-order valence-corrected chi connectivity index (χ0v) is 19.1. The Kier molecular flexibility index (Phi) is 7.40. The van der Waals surface area contributed by atoms with Gasteiger partial charge in [-0.05, 0) is 55.6 Å². The molecule has 31 heavy (non-hydrogen) atoms. The van der Waals surface area contributed by atoms with Crippen LogP contribution in [0.1, 0.15) is 44.1 Å². The first-order chi connectivity index (χ1) is 15.2. The summed E-state index contributed by atoms with van der Waals surface area (Å²) in [6.07, 6.45) is 7.50. The molecule has 2 aromatic rings. The number of rotatable bonds is 6. The minimum Gasteiger partial charge on any atom is -0.481 e. The zero-order valence-electron chi connectivity index (χ0n) is 18.3. The van der Waals surface area contributed by atoms with Gasteiger partial charge in [-0.25, -0.2) is 0 Å². The molecule has 0 bridgehead atoms. The van der Waals surface area contributed by atoms with Gasteiger partial charge < -0.3 is 25.2 Å². The summed E-state index contributed by atoms with van der Waals surface area (Å²) in [6, 6.07) is 10.6. The van der Waals surface area contributed by atoms with Crippen molar-refractivity contribution in [1.82, 2.24) is 15.3 Å². The van der Waals surface area contributed by atoms with Crippen LogP contribution in [0.25, 0.3) is 0 Å². The maximum Gasteiger partial charge on any atom is 0.234 e. The third kappa shape index (κ3) is 5.97. The normalized spacial score (nSPS) is 16.7. The topological polar surface area (TPSA) is 65.6 Å². The third-order valence-corrected chi connectivity index (χ3v) is 6.16. The Balaban J connectivity index is 1.34. The number of aromatic nitrogens is 2. The van der Waals surface area contributed by atoms with Crippen molar-refractivity contribution in [3.05, 3.63) is 35.9 Å². The molecule has 166 valence electrons. The van der Waals surface area contributed by atoms with Crippen LogP contribution in [-0.4, -0.2) is 48.4 Å². The Hall–Kier alpha value is -2.61. The number of hydrogen-bond acceptors (Lipinski definition) is 6. The summed E-state index contributed by atoms with van der Waals surface area (Å²) < 4.78 is 5.40. The van der Waals surface area contributed by atoms with Crippen LogP contribution in [0, 0.1) is 0 Å². The van der Waals surface area contributed by atoms with Gasteiger partial charge in [-0.15, -0.1) is 0 Å². The number of ether oxygens (including phenoxy) is 1. The second-order valence-corrected chi connectivity index (χ2v) is 8.57. The molecule has 2 aliphatic rings. The van der Waals surface area contributed by atoms with Gasteiger partial charge in [0, 0.05) is 44.5 Å². The Labute approximate surface area is 190 Å². The molecule has 0 amide bonds. The molecule has 0 spiro atoms. The standard InChI is InChI=1S/C23H32N6OS/c1-30-21-16-20(29-14-4-2-3-5-15-29)25-22(26-21)27-23(31)24-17-18-8-10-19(11-9-18)28-12-6-7-13-28/h8-11,16H,2-7,12-15,17H2,1H3,(H2,24,25,26,27,31). The summed E-state index contributed by atoms with van der Waals surface area (Å²) in [4.78, 5) is 13.8. The van der Waals surface area contributed by atoms with Gasteiger partial charge in [0.25, 0.3) is 0 Å². The number of anilines is 3. The van der Waals surface area contributed by atoms with Gasteiger partial charge in [0.05, 0.1) is 7.11 Å². The van der Waals surface area contributed by atoms with Crippen LogP contribution in [0.4, 0.5) is 17.5 Å². The van der Waals surface area contributed by atoms with E-state index in [0.29, 0.717) is 23.5 Å². The molecule has 2 N–H and O–H groups in total. The fraction of sp³-hybridized carbons (Fsp3) is 0.522. The molecule has 0 radical (unpaired) electrons. The van der Waals surface area contributed by atoms with E-state index in [4.69, 9.17) is 17.0 Å². The number of nitrogens with zero attached hydrogens (tertiary/aromatic N) is 4. The highest BCUT2D eigenvalue weighted by Crippen LogP contribution is 2.23. The lowest BCUT2D eigenvalue weighted by Gasteiger charge is -2.22. The van der Waals surface area contributed by atoms with Crippen molar-refractivity contribution in [1.29, 1.82) is 0 Å². The molecule has 0 aliphatic carbocycles. The maximum absolute atomic E-state index is 5.48. The summed E-state index contributed by atoms with van der Waals surface area (Å²) >= 11 is 5.48. The predicted octanol–water partition coefficient (Wildman–Crippen LogP) is 3.95. The first kappa shape index (κ1) is 21.6. The highest BCUT2D eigenvalue weighted by atomic mass is 32.1. The van der Waals surface area contributed by atoms with Gasteiger partial charge in [0.2, 0.25) is 11.8 Å². The van der Waals surface area contributed by atoms with Gasteiger partial charge >= 0.3 is 0 Å². The monoisotopic (exact) mass is 440 g/mol. The van der Waals surface area contributed by atoms with Gasteiger partial charge in [0.15, 0.2) is 5.11 Å². The van der Waals surface area contributed by atoms with Gasteiger partial charge in [-0.2, -0.15) is 9.97 Å². The van der Waals surface area contributed by atoms with Crippen molar-refractivity contribution in [2.24, 2.45) is 0 Å². The van der Waals surface area contributed by atoms with E-state index >= 15 is 0 Å². The van der Waals surface area contributed by atoms with Crippen LogP contribution in [0.5, 0.6) is 5.88 Å². The first-order valence-corrected chi connectivity index (χ1v) is 11.7. The summed E-state index contributed by atoms with van der Waals surface area (Å²) in [5, 5.41) is 6.88. The second kappa shape index (κ2) is 10.6. The minimum absolute atomic E-state index is 0.459. The fourth-order valence-corrected chi connectivity index (χ4v) is 4.33. The van der Waals surface area contributed by atoms with Gasteiger partial charge in [-0.1, -0.05) is 25.0 Å². The molecular weight excluding hydrogens is 408 g/mol. The lowest BCUT2D eigenvalue weighted by atomic mass is 10.2. The summed E-state index contributed by atoms with van der Waals surface area (Å²) in [7, 11) is 1.63. The molecule has 4 rings (SSSR count). The van der Waals surface area contributed by atoms with E-state index in [0.717, 1.165) is 32.0 Å². The lowest BCUT2D eigenvalue weighted by Crippen LogP contribution is -2.30. The van der Waals surface area contributed by atoms with Crippen LogP contribution in [0.15, 0.2) is 30.3 Å². The summed E-state index contributed by atoms with van der Waals surface area (Å²) in [6.45, 7) is 4.98. The Morgan fingerprint density at radius 2 is 1.58 bits per heavy atom. The van der Waals surface area contributed by atoms with Crippen molar-refractivity contribution in [3.8, 4) is 5.88 Å². The number of thiocarbonyl (C=S) groups is 1. The van der Waals surface area contributed by atoms with Crippen LogP contribution in [0.3, 0.4) is 0 Å². The van der Waals surface area contributed by atoms with Crippen LogP contribution < -0.4 is 25.2 Å². The van der Waals surface area contributed by atoms with Crippen molar-refractivity contribution in [3.63, 3.8) is 0 Å². The molecule has 2 fully saturated rings. The number of methoxy groups -OCH3 is 1. The molecule has 0 unspecified atom stereocenters. The molecule has 1 aromatic carbocycles. The molecule has 1 aromatic heterocycles. The third-order valence-electron chi connectivity index (χ3n) is 5.91. The van der Waals surface area contributed by atoms with Crippen molar-refractivity contribution in [2.75, 3.05) is 48.4 Å². The zero-order chi connectivity index (χ0) is 21.5. The molecular formula is C23H32N6OS. The van der Waals surface area contributed by atoms with E-state index in [1.165, 1.54) is 49.8 Å². The molecule has 7 nitrogen and oxygen atoms in total. The Morgan fingerprint density at radius 1 is 0.935 bits per heavy atom. The van der Waals surface area contributed by atoms with Gasteiger partial charge in [0.1, 0.15) is 5.82 Å². The van der Waals surface area contributed by atoms with Crippen molar-refractivity contribution in [2.45, 2.75) is 45.1 Å². The van der Waals surface area contributed by atoms with E-state index in [1.807, 2.05) is 6.07 Å². The molecule has 2 aliphatic heterocycles. The average Bonchev–Trinajstić information content (AvgIpc) is 3.20. The van der Waals surface area contributed by atoms with E-state index in [2.05, 4.69) is 54.7 Å². The smallest absolute Gasteiger partial charge is 0.234 e. The molecule has 0 saturated carbocycles. The van der Waals surface area contributed by atoms with Crippen LogP contribution in [0.2, 0.25) is 0 Å². The quantitative estimate of drug-likeness (QED) is 0.655. The lowest BCUT2D eigenvalue weighted by molar-refractivity contribution is 0.397. The molecule has 2 saturated heterocycles. The second-order valence-electron chi connectivity index (χ2n) is 8.16. The largest absolute Gasteiger partial charge is 0.481 e. The molecule has 0 atom stereocenters. The van der Waals surface area contributed by atoms with E-state index < -0.39 is 0 Å². The Bertz CT molecular complexity index is 861. The van der Waals surface area contributed by atoms with Gasteiger partial charge in [-0.3, -0.25) is 0 Å². The minimum atomic E-state index is 0.459. The fourth-order valence-electron chi connectivity index (χ4n) is 4.16. The van der Waals surface area contributed by atoms with Crippen LogP contribution >= 0.6 is 12.2 Å². The summed E-state index contributed by atoms with van der Waals surface area (Å²) in [5.74, 6) is 1.88. The average molecular weight is 441 g/mol. The molecule has 3 heterocycles. The Morgan fingerprint density at radius 3 is 2.26 bits per heavy atom. The van der Waals surface area contributed by atoms with E-state index in [9.17, 15) is 0 Å². The van der Waals surface area contributed by atoms with Crippen molar-refractivity contribution >= 4 is 34.8 Å². The predicted molar refractivity (Wildman–Crippen MR) is 130 cm³/mol. The molecule has 8 heteroatoms. The SMILES string of the molecule is COc1cc(N2CCCCCC2)nc(NC(=S)NCc2ccc(N3CCCC3)cc2)n1. The highest BCUT2D eigenvalue weighted by Gasteiger charge is 2.15. The first-order valence-electron chi connectivity index (χ1n) is 11.3. The number of hydrogen-bond donors (Lipinski definition) is 2. The highest BCUT2D eigenvalue weighted by molar-refractivity contribution is 7.80. The number of benzene rings is 1. The number of nitrogens with one attached hydrogen (secondary N) is 2. The maximum atomic E-state index is 5.48. The van der Waals surface area contributed by atoms with Crippen molar-refractivity contribution < 1.29 is 4.74 Å². The van der Waals surface area contributed by atoms with E-state index in [-0.39, 0.29) is 0 Å².